The molecule has 0 bridgehead atoms. The third-order valence-corrected chi connectivity index (χ3v) is 6.15. The molecule has 3 unspecified atom stereocenters. The molecule has 144 valence electrons. The van der Waals surface area contributed by atoms with Crippen molar-refractivity contribution in [1.82, 2.24) is 9.55 Å². The highest BCUT2D eigenvalue weighted by atomic mass is 32.1. The first-order valence-electron chi connectivity index (χ1n) is 8.81. The topological polar surface area (TPSA) is 74.7 Å². The summed E-state index contributed by atoms with van der Waals surface area (Å²) in [5.74, 6) is 0.849. The van der Waals surface area contributed by atoms with Gasteiger partial charge in [-0.15, -0.1) is 0 Å². The van der Waals surface area contributed by atoms with E-state index in [0.717, 1.165) is 35.3 Å². The number of hydrogen-bond acceptors (Lipinski definition) is 6. The van der Waals surface area contributed by atoms with E-state index in [0.29, 0.717) is 17.9 Å². The Kier molecular flexibility index (Phi) is 5.43. The van der Waals surface area contributed by atoms with Crippen molar-refractivity contribution < 1.29 is 18.3 Å². The molecule has 3 atom stereocenters. The fourth-order valence-corrected chi connectivity index (χ4v) is 4.47. The van der Waals surface area contributed by atoms with Crippen LogP contribution < -0.4 is 10.2 Å². The molecule has 1 aromatic carbocycles. The molecule has 1 fully saturated rings. The number of benzene rings is 1. The van der Waals surface area contributed by atoms with E-state index in [4.69, 9.17) is 30.5 Å². The molecule has 0 spiro atoms. The molecule has 9 heteroatoms. The van der Waals surface area contributed by atoms with Crippen molar-refractivity contribution in [3.8, 4) is 5.75 Å². The molecule has 2 aliphatic heterocycles. The van der Waals surface area contributed by atoms with Crippen LogP contribution in [0.1, 0.15) is 35.8 Å². The first kappa shape index (κ1) is 18.8. The highest BCUT2D eigenvalue weighted by molar-refractivity contribution is 7.71. The summed E-state index contributed by atoms with van der Waals surface area (Å²) in [5.41, 5.74) is 2.69. The van der Waals surface area contributed by atoms with E-state index >= 15 is 0 Å². The molecule has 1 N–H and O–H groups in total. The van der Waals surface area contributed by atoms with Crippen LogP contribution in [-0.2, 0) is 20.4 Å². The first-order chi connectivity index (χ1) is 13.0. The zero-order chi connectivity index (χ0) is 19.0. The number of ether oxygens (including phenoxy) is 1. The van der Waals surface area contributed by atoms with E-state index < -0.39 is 8.60 Å². The summed E-state index contributed by atoms with van der Waals surface area (Å²) in [7, 11) is -1.44. The van der Waals surface area contributed by atoms with Gasteiger partial charge in [0.25, 0.3) is 0 Å². The van der Waals surface area contributed by atoms with Crippen molar-refractivity contribution >= 4 is 20.8 Å². The zero-order valence-electron chi connectivity index (χ0n) is 15.1. The molecule has 0 amide bonds. The molecule has 1 saturated heterocycles. The second kappa shape index (κ2) is 7.81. The van der Waals surface area contributed by atoms with Gasteiger partial charge in [0.15, 0.2) is 0 Å². The predicted molar refractivity (Wildman–Crippen MR) is 103 cm³/mol. The minimum Gasteiger partial charge on any atom is -0.426 e. The lowest BCUT2D eigenvalue weighted by atomic mass is 10.1. The maximum atomic E-state index is 12.1. The molecule has 0 saturated carbocycles. The Morgan fingerprint density at radius 3 is 3.04 bits per heavy atom. The Labute approximate surface area is 163 Å². The van der Waals surface area contributed by atoms with Crippen molar-refractivity contribution in [3.63, 3.8) is 0 Å². The molecule has 1 aromatic heterocycles. The lowest BCUT2D eigenvalue weighted by molar-refractivity contribution is -0.0229. The van der Waals surface area contributed by atoms with Crippen molar-refractivity contribution in [3.05, 3.63) is 56.2 Å². The summed E-state index contributed by atoms with van der Waals surface area (Å²) in [5, 5.41) is 0. The molecule has 0 radical (unpaired) electrons. The molecular formula is C18H21N2O5PS. The van der Waals surface area contributed by atoms with E-state index in [2.05, 4.69) is 4.98 Å². The number of nitrogens with zero attached hydrogens (tertiary/aromatic N) is 1. The van der Waals surface area contributed by atoms with Gasteiger partial charge in [-0.2, -0.15) is 0 Å². The number of H-pyrrole nitrogens is 1. The standard InChI is InChI=1S/C18H21N2O5PS/c1-11-4-3-5-13-9-22-26(25-16(11)13)23-10-14-6-7-15(24-14)20-8-12(2)17(27)19-18(20)21/h3-5,8,14-15H,6-7,9-10H2,1-2H3,(H,19,21,27). The summed E-state index contributed by atoms with van der Waals surface area (Å²) in [6.07, 6.45) is 2.84. The number of aryl methyl sites for hydroxylation is 2. The fraction of sp³-hybridized carbons (Fsp3) is 0.444. The maximum absolute atomic E-state index is 12.1. The van der Waals surface area contributed by atoms with E-state index in [1.807, 2.05) is 32.0 Å². The van der Waals surface area contributed by atoms with Gasteiger partial charge in [-0.3, -0.25) is 18.6 Å². The van der Waals surface area contributed by atoms with Crippen molar-refractivity contribution in [2.24, 2.45) is 0 Å². The Morgan fingerprint density at radius 1 is 1.33 bits per heavy atom. The molecule has 4 rings (SSSR count). The van der Waals surface area contributed by atoms with Crippen LogP contribution in [0.3, 0.4) is 0 Å². The van der Waals surface area contributed by atoms with Gasteiger partial charge < -0.3 is 9.26 Å². The highest BCUT2D eigenvalue weighted by Gasteiger charge is 2.31. The Morgan fingerprint density at radius 2 is 2.19 bits per heavy atom. The van der Waals surface area contributed by atoms with Gasteiger partial charge >= 0.3 is 14.3 Å². The monoisotopic (exact) mass is 408 g/mol. The number of aromatic nitrogens is 2. The third-order valence-electron chi connectivity index (χ3n) is 4.69. The van der Waals surface area contributed by atoms with Crippen LogP contribution in [0.5, 0.6) is 5.75 Å². The molecule has 0 aliphatic carbocycles. The lowest BCUT2D eigenvalue weighted by Crippen LogP contribution is -2.28. The van der Waals surface area contributed by atoms with Gasteiger partial charge in [0.2, 0.25) is 0 Å². The summed E-state index contributed by atoms with van der Waals surface area (Å²) >= 11 is 5.09. The van der Waals surface area contributed by atoms with Crippen molar-refractivity contribution in [1.29, 1.82) is 0 Å². The quantitative estimate of drug-likeness (QED) is 0.608. The van der Waals surface area contributed by atoms with Crippen molar-refractivity contribution in [2.75, 3.05) is 6.61 Å². The molecular weight excluding hydrogens is 387 g/mol. The molecule has 27 heavy (non-hydrogen) atoms. The van der Waals surface area contributed by atoms with Crippen LogP contribution in [0.4, 0.5) is 0 Å². The minimum atomic E-state index is -1.44. The van der Waals surface area contributed by atoms with Gasteiger partial charge in [-0.1, -0.05) is 30.4 Å². The van der Waals surface area contributed by atoms with E-state index in [1.165, 1.54) is 0 Å². The number of nitrogens with one attached hydrogen (secondary N) is 1. The Hall–Kier alpha value is -1.57. The normalized spacial score (nSPS) is 24.4. The molecule has 2 aliphatic rings. The predicted octanol–water partition coefficient (Wildman–Crippen LogP) is 4.05. The second-order valence-corrected chi connectivity index (χ2v) is 8.27. The van der Waals surface area contributed by atoms with Gasteiger partial charge in [-0.25, -0.2) is 4.79 Å². The van der Waals surface area contributed by atoms with Crippen LogP contribution in [-0.4, -0.2) is 22.3 Å². The largest absolute Gasteiger partial charge is 0.426 e. The van der Waals surface area contributed by atoms with Crippen molar-refractivity contribution in [2.45, 2.75) is 45.6 Å². The number of rotatable bonds is 4. The van der Waals surface area contributed by atoms with Crippen LogP contribution in [0.25, 0.3) is 0 Å². The van der Waals surface area contributed by atoms with Crippen LogP contribution in [0.2, 0.25) is 0 Å². The third kappa shape index (κ3) is 4.00. The molecule has 2 aromatic rings. The van der Waals surface area contributed by atoms with Crippen LogP contribution in [0, 0.1) is 18.5 Å². The number of hydrogen-bond donors (Lipinski definition) is 1. The van der Waals surface area contributed by atoms with Gasteiger partial charge in [0, 0.05) is 17.3 Å². The molecule has 3 heterocycles. The van der Waals surface area contributed by atoms with E-state index in [-0.39, 0.29) is 18.0 Å². The van der Waals surface area contributed by atoms with Gasteiger partial charge in [-0.05, 0) is 32.3 Å². The minimum absolute atomic E-state index is 0.113. The molecule has 7 nitrogen and oxygen atoms in total. The zero-order valence-corrected chi connectivity index (χ0v) is 16.8. The number of aromatic amines is 1. The van der Waals surface area contributed by atoms with E-state index in [1.54, 1.807) is 10.8 Å². The Bertz CT molecular complexity index is 959. The van der Waals surface area contributed by atoms with E-state index in [9.17, 15) is 4.79 Å². The summed E-state index contributed by atoms with van der Waals surface area (Å²) in [4.78, 5) is 14.8. The summed E-state index contributed by atoms with van der Waals surface area (Å²) < 4.78 is 25.4. The SMILES string of the molecule is Cc1cccc2c1OP(OCC1CCC(n3cc(C)c(=S)[nH]c3=O)O1)OC2. The van der Waals surface area contributed by atoms with Gasteiger partial charge in [0.05, 0.1) is 19.3 Å². The first-order valence-corrected chi connectivity index (χ1v) is 10.3. The maximum Gasteiger partial charge on any atom is 0.397 e. The van der Waals surface area contributed by atoms with Gasteiger partial charge in [0.1, 0.15) is 16.6 Å². The second-order valence-electron chi connectivity index (χ2n) is 6.72. The smallest absolute Gasteiger partial charge is 0.397 e. The Balaban J connectivity index is 1.35. The number of fused-ring (bicyclic) bond motifs is 1. The summed E-state index contributed by atoms with van der Waals surface area (Å²) in [6.45, 7) is 4.71. The summed E-state index contributed by atoms with van der Waals surface area (Å²) in [6, 6.07) is 5.99. The fourth-order valence-electron chi connectivity index (χ4n) is 3.20. The van der Waals surface area contributed by atoms with Crippen LogP contribution >= 0.6 is 20.8 Å². The lowest BCUT2D eigenvalue weighted by Gasteiger charge is -2.26. The average Bonchev–Trinajstić information content (AvgIpc) is 3.12. The van der Waals surface area contributed by atoms with Crippen LogP contribution in [0.15, 0.2) is 29.2 Å². The highest BCUT2D eigenvalue weighted by Crippen LogP contribution is 2.48. The average molecular weight is 408 g/mol. The number of para-hydroxylation sites is 1.